The first kappa shape index (κ1) is 75.3. The molecule has 0 bridgehead atoms. The fraction of sp³-hybridized carbons (Fsp3) is 0.833. The van der Waals surface area contributed by atoms with Gasteiger partial charge in [-0.05, 0) is 113 Å². The van der Waals surface area contributed by atoms with Crippen LogP contribution < -0.4 is 21.3 Å². The fourth-order valence-electron chi connectivity index (χ4n) is 15.2. The number of halogens is 4. The van der Waals surface area contributed by atoms with Crippen molar-refractivity contribution in [1.82, 2.24) is 55.6 Å². The Bertz CT molecular complexity index is 2640. The van der Waals surface area contributed by atoms with E-state index in [0.717, 1.165) is 37.0 Å². The number of nitrogens with zero attached hydrogens (tertiary/aromatic N) is 7. The molecule has 0 aromatic carbocycles. The van der Waals surface area contributed by atoms with Crippen LogP contribution in [-0.4, -0.2) is 227 Å². The minimum Gasteiger partial charge on any atom is -0.351 e. The first-order valence-electron chi connectivity index (χ1n) is 34.0. The molecule has 6 aliphatic rings. The van der Waals surface area contributed by atoms with E-state index in [0.29, 0.717) is 44.9 Å². The summed E-state index contributed by atoms with van der Waals surface area (Å²) in [5, 5.41) is 10.7. The van der Waals surface area contributed by atoms with Gasteiger partial charge < -0.3 is 55.6 Å². The highest BCUT2D eigenvalue weighted by molar-refractivity contribution is 6.20. The number of carbonyl (C=O) groups excluding carboxylic acids is 11. The van der Waals surface area contributed by atoms with Crippen LogP contribution in [0.3, 0.4) is 0 Å². The lowest BCUT2D eigenvalue weighted by Gasteiger charge is -2.40. The van der Waals surface area contributed by atoms with E-state index in [1.165, 1.54) is 71.7 Å². The van der Waals surface area contributed by atoms with Crippen molar-refractivity contribution in [2.45, 2.75) is 242 Å². The molecule has 2 saturated heterocycles. The van der Waals surface area contributed by atoms with Crippen molar-refractivity contribution in [3.05, 3.63) is 0 Å². The van der Waals surface area contributed by atoms with E-state index in [1.807, 2.05) is 20.8 Å². The Morgan fingerprint density at radius 1 is 0.587 bits per heavy atom. The molecule has 6 rings (SSSR count). The Labute approximate surface area is 548 Å². The van der Waals surface area contributed by atoms with Crippen LogP contribution in [0.2, 0.25) is 0 Å². The first-order chi connectivity index (χ1) is 43.2. The molecule has 2 aliphatic heterocycles. The van der Waals surface area contributed by atoms with Crippen molar-refractivity contribution >= 4 is 76.6 Å². The van der Waals surface area contributed by atoms with E-state index in [9.17, 15) is 56.3 Å². The molecule has 520 valence electrons. The van der Waals surface area contributed by atoms with Crippen LogP contribution in [0.1, 0.15) is 183 Å². The minimum absolute atomic E-state index is 0.0166. The van der Waals surface area contributed by atoms with Crippen LogP contribution in [0.4, 0.5) is 13.2 Å². The number of nitrogens with one attached hydrogen (secondary N) is 4. The molecule has 22 nitrogen and oxygen atoms in total. The topological polar surface area (TPSA) is 259 Å². The lowest BCUT2D eigenvalue weighted by molar-refractivity contribution is -0.182. The maximum absolute atomic E-state index is 15.1. The quantitative estimate of drug-likeness (QED) is 0.195. The number of carbonyl (C=O) groups is 11. The summed E-state index contributed by atoms with van der Waals surface area (Å²) in [6, 6.07) is -7.40. The van der Waals surface area contributed by atoms with E-state index in [-0.39, 0.29) is 94.4 Å². The van der Waals surface area contributed by atoms with Gasteiger partial charge in [0.2, 0.25) is 65.0 Å². The summed E-state index contributed by atoms with van der Waals surface area (Å²) < 4.78 is 41.8. The third-order valence-corrected chi connectivity index (χ3v) is 21.5. The molecule has 3 unspecified atom stereocenters. The molecule has 2 heterocycles. The SMILES string of the molecule is CC[C@H](C)[C@@H]1NC(=O)[C@H](CC(C)C)N(C)C(=O)[C@@H]2CCC[C@H]2NC(=O)[C@H](C(C)C)N(C)C(=O)C2(CCCC2)NC(=O)[C@@H]2CCCN2C(=O)[C@H](CCC2CCC(C(F)(F)F)C(Cl)C2)NC(=O)CN(C)C(=O)[C@H](CC2CCCCC2)N(C)C(=O)CN(C)C(=O)CN(C)C1=O. The second-order valence-electron chi connectivity index (χ2n) is 28.6. The van der Waals surface area contributed by atoms with Gasteiger partial charge in [0.05, 0.1) is 31.5 Å². The highest BCUT2D eigenvalue weighted by Gasteiger charge is 2.51. The van der Waals surface area contributed by atoms with Gasteiger partial charge in [0.1, 0.15) is 41.8 Å². The number of amides is 11. The summed E-state index contributed by atoms with van der Waals surface area (Å²) in [7, 11) is 8.74. The van der Waals surface area contributed by atoms with Crippen molar-refractivity contribution < 1.29 is 65.9 Å². The average Bonchev–Trinajstić information content (AvgIpc) is 1.52. The molecule has 0 aromatic rings. The van der Waals surface area contributed by atoms with E-state index in [2.05, 4.69) is 21.3 Å². The smallest absolute Gasteiger partial charge is 0.351 e. The molecule has 4 saturated carbocycles. The van der Waals surface area contributed by atoms with Gasteiger partial charge in [-0.2, -0.15) is 13.2 Å². The molecule has 0 radical (unpaired) electrons. The van der Waals surface area contributed by atoms with Crippen LogP contribution in [0, 0.1) is 41.4 Å². The molecule has 1 spiro atoms. The maximum Gasteiger partial charge on any atom is 0.393 e. The lowest BCUT2D eigenvalue weighted by atomic mass is 9.78. The molecule has 6 fully saturated rings. The summed E-state index contributed by atoms with van der Waals surface area (Å²) in [6.07, 6.45) is 4.63. The Morgan fingerprint density at radius 2 is 1.23 bits per heavy atom. The molecular weight excluding hydrogens is 1220 g/mol. The van der Waals surface area contributed by atoms with Crippen LogP contribution in [0.25, 0.3) is 0 Å². The number of alkyl halides is 4. The molecule has 12 atom stereocenters. The van der Waals surface area contributed by atoms with Gasteiger partial charge in [-0.3, -0.25) is 52.7 Å². The summed E-state index contributed by atoms with van der Waals surface area (Å²) in [5.41, 5.74) is -1.47. The summed E-state index contributed by atoms with van der Waals surface area (Å²) in [5.74, 6) is -10.1. The standard InChI is InChI=1S/C66H107ClF3N11O11/c1-13-41(6)55-63(91)77(9)37-53(83)75(7)38-54(84)78(10)51(35-42-21-15-14-16-22-42)62(90)76(8)36-52(82)71-48(29-27-43-26-28-45(46(67)34-43)66(68,69)70)61(89)81-32-20-25-49(81)58(86)74-65(30-17-18-31-65)64(92)80(12)56(40(4)5)59(87)72-47-24-19-23-44(47)60(88)79(11)50(33-39(2)3)57(85)73-55/h39-51,55-56H,13-38H2,1-12H3,(H,71,82)(H,72,87)(H,73,85)(H,74,86)/t41-,43?,44+,45?,46?,47+,48-,49-,50-,51-,55-,56-/m0/s1. The van der Waals surface area contributed by atoms with E-state index in [4.69, 9.17) is 11.6 Å². The monoisotopic (exact) mass is 1320 g/mol. The average molecular weight is 1320 g/mol. The minimum atomic E-state index is -4.49. The van der Waals surface area contributed by atoms with E-state index >= 15 is 9.59 Å². The van der Waals surface area contributed by atoms with Crippen molar-refractivity contribution in [3.8, 4) is 0 Å². The molecular formula is C66H107ClF3N11O11. The highest BCUT2D eigenvalue weighted by atomic mass is 35.5. The number of hydrogen-bond donors (Lipinski definition) is 4. The lowest BCUT2D eigenvalue weighted by Crippen LogP contribution is -2.64. The Kier molecular flexibility index (Phi) is 27.1. The molecule has 4 aliphatic carbocycles. The zero-order valence-corrected chi connectivity index (χ0v) is 57.4. The summed E-state index contributed by atoms with van der Waals surface area (Å²) >= 11 is 6.37. The van der Waals surface area contributed by atoms with Gasteiger partial charge in [-0.15, -0.1) is 11.6 Å². The highest BCUT2D eigenvalue weighted by Crippen LogP contribution is 2.44. The van der Waals surface area contributed by atoms with E-state index < -0.39 is 162 Å². The third-order valence-electron chi connectivity index (χ3n) is 21.0. The van der Waals surface area contributed by atoms with Crippen LogP contribution >= 0.6 is 11.6 Å². The van der Waals surface area contributed by atoms with Gasteiger partial charge in [0.15, 0.2) is 0 Å². The zero-order valence-electron chi connectivity index (χ0n) is 56.7. The third kappa shape index (κ3) is 18.8. The van der Waals surface area contributed by atoms with Gasteiger partial charge in [0, 0.05) is 60.2 Å². The van der Waals surface area contributed by atoms with Crippen LogP contribution in [0.15, 0.2) is 0 Å². The van der Waals surface area contributed by atoms with Crippen molar-refractivity contribution in [2.75, 3.05) is 68.5 Å². The fourth-order valence-corrected chi connectivity index (χ4v) is 15.7. The Morgan fingerprint density at radius 3 is 1.84 bits per heavy atom. The van der Waals surface area contributed by atoms with Crippen LogP contribution in [0.5, 0.6) is 0 Å². The van der Waals surface area contributed by atoms with E-state index in [1.54, 1.807) is 20.8 Å². The zero-order chi connectivity index (χ0) is 68.3. The molecule has 11 amide bonds. The normalized spacial score (nSPS) is 30.9. The summed E-state index contributed by atoms with van der Waals surface area (Å²) in [6.45, 7) is 9.61. The summed E-state index contributed by atoms with van der Waals surface area (Å²) in [4.78, 5) is 170. The van der Waals surface area contributed by atoms with Crippen LogP contribution in [-0.2, 0) is 52.7 Å². The molecule has 26 heteroatoms. The number of rotatable bonds is 10. The number of hydrogen-bond acceptors (Lipinski definition) is 11. The molecule has 92 heavy (non-hydrogen) atoms. The maximum atomic E-state index is 15.1. The van der Waals surface area contributed by atoms with Crippen molar-refractivity contribution in [2.24, 2.45) is 41.4 Å². The van der Waals surface area contributed by atoms with Crippen molar-refractivity contribution in [3.63, 3.8) is 0 Å². The second kappa shape index (κ2) is 33.1. The molecule has 0 aromatic heterocycles. The van der Waals surface area contributed by atoms with Gasteiger partial charge in [-0.25, -0.2) is 0 Å². The Hall–Kier alpha value is -5.75. The largest absolute Gasteiger partial charge is 0.393 e. The van der Waals surface area contributed by atoms with Gasteiger partial charge in [0.25, 0.3) is 0 Å². The predicted molar refractivity (Wildman–Crippen MR) is 340 cm³/mol. The van der Waals surface area contributed by atoms with Gasteiger partial charge in [-0.1, -0.05) is 99.3 Å². The Balaban J connectivity index is 1.36. The number of likely N-dealkylation sites (N-methyl/N-ethyl adjacent to an activating group) is 6. The van der Waals surface area contributed by atoms with Gasteiger partial charge >= 0.3 is 6.18 Å². The molecule has 4 N–H and O–H groups in total. The first-order valence-corrected chi connectivity index (χ1v) is 34.4. The number of fused-ring (bicyclic) bond motifs is 2. The predicted octanol–water partition coefficient (Wildman–Crippen LogP) is 5.62. The van der Waals surface area contributed by atoms with Crippen molar-refractivity contribution in [1.29, 1.82) is 0 Å². The second-order valence-corrected chi connectivity index (χ2v) is 29.2.